The number of nitrogens with zero attached hydrogens (tertiary/aromatic N) is 2. The molecule has 0 N–H and O–H groups in total. The maximum Gasteiger partial charge on any atom is 0.0270 e. The van der Waals surface area contributed by atoms with E-state index in [1.165, 1.54) is 17.5 Å². The molecule has 0 aliphatic rings. The second-order valence-corrected chi connectivity index (χ2v) is 4.40. The number of hydrogen-bond donors (Lipinski definition) is 0. The summed E-state index contributed by atoms with van der Waals surface area (Å²) in [7, 11) is 0. The molecule has 2 aromatic heterocycles. The largest absolute Gasteiger partial charge is 0.265 e. The number of halogens is 1. The van der Waals surface area contributed by atoms with Crippen LogP contribution in [-0.2, 0) is 6.42 Å². The van der Waals surface area contributed by atoms with E-state index < -0.39 is 0 Å². The molecular weight excluding hydrogens is 244 g/mol. The first-order chi connectivity index (χ1) is 8.83. The van der Waals surface area contributed by atoms with Crippen LogP contribution in [0.1, 0.15) is 24.0 Å². The van der Waals surface area contributed by atoms with Gasteiger partial charge in [-0.05, 0) is 61.6 Å². The van der Waals surface area contributed by atoms with Crippen LogP contribution in [0.4, 0.5) is 0 Å². The van der Waals surface area contributed by atoms with Gasteiger partial charge in [0.15, 0.2) is 0 Å². The third kappa shape index (κ3) is 7.02. The van der Waals surface area contributed by atoms with Gasteiger partial charge in [0.1, 0.15) is 0 Å². The average molecular weight is 263 g/mol. The molecule has 0 atom stereocenters. The minimum absolute atomic E-state index is 0.769. The highest BCUT2D eigenvalue weighted by Gasteiger charge is 1.90. The Bertz CT molecular complexity index is 403. The van der Waals surface area contributed by atoms with Crippen LogP contribution in [0.5, 0.6) is 0 Å². The lowest BCUT2D eigenvalue weighted by atomic mass is 10.1. The molecule has 0 saturated carbocycles. The van der Waals surface area contributed by atoms with E-state index >= 15 is 0 Å². The van der Waals surface area contributed by atoms with Crippen LogP contribution in [0.3, 0.4) is 0 Å². The molecule has 0 aliphatic heterocycles. The maximum atomic E-state index is 5.56. The normalized spacial score (nSPS) is 9.44. The van der Waals surface area contributed by atoms with Gasteiger partial charge in [-0.3, -0.25) is 9.97 Å². The molecule has 0 spiro atoms. The average Bonchev–Trinajstić information content (AvgIpc) is 2.42. The number of hydrogen-bond acceptors (Lipinski definition) is 2. The van der Waals surface area contributed by atoms with Crippen LogP contribution >= 0.6 is 11.6 Å². The van der Waals surface area contributed by atoms with Crippen molar-refractivity contribution in [3.63, 3.8) is 0 Å². The molecule has 0 fully saturated rings. The van der Waals surface area contributed by atoms with Crippen LogP contribution in [0.25, 0.3) is 0 Å². The Hall–Kier alpha value is -1.41. The van der Waals surface area contributed by atoms with Crippen LogP contribution < -0.4 is 0 Å². The van der Waals surface area contributed by atoms with Crippen LogP contribution in [0.2, 0.25) is 0 Å². The van der Waals surface area contributed by atoms with Gasteiger partial charge in [0.25, 0.3) is 0 Å². The molecular formula is C15H19ClN2. The lowest BCUT2D eigenvalue weighted by Gasteiger charge is -1.97. The van der Waals surface area contributed by atoms with Crippen molar-refractivity contribution in [2.24, 2.45) is 0 Å². The fourth-order valence-electron chi connectivity index (χ4n) is 1.40. The van der Waals surface area contributed by atoms with Gasteiger partial charge in [0, 0.05) is 30.7 Å². The first-order valence-corrected chi connectivity index (χ1v) is 6.68. The van der Waals surface area contributed by atoms with Gasteiger partial charge >= 0.3 is 0 Å². The number of unbranched alkanes of at least 4 members (excludes halogenated alkanes) is 1. The number of alkyl halides is 1. The van der Waals surface area contributed by atoms with Gasteiger partial charge in [-0.1, -0.05) is 0 Å². The first-order valence-electron chi connectivity index (χ1n) is 6.14. The Balaban J connectivity index is 0.000000199. The molecule has 0 radical (unpaired) electrons. The first kappa shape index (κ1) is 14.7. The number of pyridine rings is 2. The Kier molecular flexibility index (Phi) is 7.82. The molecule has 0 bridgehead atoms. The van der Waals surface area contributed by atoms with Gasteiger partial charge < -0.3 is 0 Å². The topological polar surface area (TPSA) is 25.8 Å². The number of rotatable bonds is 4. The summed E-state index contributed by atoms with van der Waals surface area (Å²) in [5.74, 6) is 0.769. The van der Waals surface area contributed by atoms with Crippen molar-refractivity contribution >= 4 is 11.6 Å². The monoisotopic (exact) mass is 262 g/mol. The molecule has 0 unspecified atom stereocenters. The van der Waals surface area contributed by atoms with Crippen molar-refractivity contribution in [3.8, 4) is 0 Å². The van der Waals surface area contributed by atoms with Crippen LogP contribution in [-0.4, -0.2) is 15.8 Å². The van der Waals surface area contributed by atoms with E-state index in [4.69, 9.17) is 11.6 Å². The van der Waals surface area contributed by atoms with E-state index in [-0.39, 0.29) is 0 Å². The summed E-state index contributed by atoms with van der Waals surface area (Å²) in [6.45, 7) is 2.04. The molecule has 0 aromatic carbocycles. The lowest BCUT2D eigenvalue weighted by molar-refractivity contribution is 0.798. The molecule has 2 heterocycles. The van der Waals surface area contributed by atoms with Gasteiger partial charge in [0.2, 0.25) is 0 Å². The Labute approximate surface area is 114 Å². The van der Waals surface area contributed by atoms with Crippen molar-refractivity contribution in [2.45, 2.75) is 26.2 Å². The predicted molar refractivity (Wildman–Crippen MR) is 76.9 cm³/mol. The van der Waals surface area contributed by atoms with Gasteiger partial charge in [-0.2, -0.15) is 0 Å². The highest BCUT2D eigenvalue weighted by molar-refractivity contribution is 6.17. The van der Waals surface area contributed by atoms with Crippen molar-refractivity contribution in [1.82, 2.24) is 9.97 Å². The molecule has 0 amide bonds. The second-order valence-electron chi connectivity index (χ2n) is 4.03. The third-order valence-corrected chi connectivity index (χ3v) is 2.71. The summed E-state index contributed by atoms with van der Waals surface area (Å²) in [4.78, 5) is 7.79. The molecule has 0 saturated heterocycles. The summed E-state index contributed by atoms with van der Waals surface area (Å²) in [6.07, 6.45) is 10.6. The fourth-order valence-corrected chi connectivity index (χ4v) is 1.59. The summed E-state index contributed by atoms with van der Waals surface area (Å²) < 4.78 is 0. The Morgan fingerprint density at radius 1 is 0.889 bits per heavy atom. The molecule has 2 aromatic rings. The van der Waals surface area contributed by atoms with Gasteiger partial charge in [0.05, 0.1) is 0 Å². The lowest BCUT2D eigenvalue weighted by Crippen LogP contribution is -1.85. The van der Waals surface area contributed by atoms with Crippen molar-refractivity contribution in [2.75, 3.05) is 5.88 Å². The minimum atomic E-state index is 0.769. The van der Waals surface area contributed by atoms with Crippen molar-refractivity contribution in [3.05, 3.63) is 60.2 Å². The Morgan fingerprint density at radius 2 is 1.44 bits per heavy atom. The van der Waals surface area contributed by atoms with E-state index in [0.29, 0.717) is 0 Å². The molecule has 3 heteroatoms. The highest BCUT2D eigenvalue weighted by atomic mass is 35.5. The molecule has 96 valence electrons. The van der Waals surface area contributed by atoms with Gasteiger partial charge in [-0.25, -0.2) is 0 Å². The molecule has 18 heavy (non-hydrogen) atoms. The van der Waals surface area contributed by atoms with Crippen LogP contribution in [0.15, 0.2) is 49.1 Å². The van der Waals surface area contributed by atoms with Crippen molar-refractivity contribution < 1.29 is 0 Å². The van der Waals surface area contributed by atoms with E-state index in [2.05, 4.69) is 9.97 Å². The quantitative estimate of drug-likeness (QED) is 0.614. The SMILES string of the molecule is Cc1ccncc1.ClCCCCc1ccncc1. The molecule has 2 rings (SSSR count). The zero-order valence-corrected chi connectivity index (χ0v) is 11.5. The van der Waals surface area contributed by atoms with Crippen LogP contribution in [0, 0.1) is 6.92 Å². The van der Waals surface area contributed by atoms with Gasteiger partial charge in [-0.15, -0.1) is 11.6 Å². The maximum absolute atomic E-state index is 5.56. The molecule has 2 nitrogen and oxygen atoms in total. The van der Waals surface area contributed by atoms with E-state index in [1.54, 1.807) is 12.4 Å². The Morgan fingerprint density at radius 3 is 1.89 bits per heavy atom. The smallest absolute Gasteiger partial charge is 0.0270 e. The highest BCUT2D eigenvalue weighted by Crippen LogP contribution is 2.03. The summed E-state index contributed by atoms with van der Waals surface area (Å²) >= 11 is 5.56. The molecule has 0 aliphatic carbocycles. The standard InChI is InChI=1S/C9H12ClN.C6H7N/c10-6-2-1-3-9-4-7-11-8-5-9;1-6-2-4-7-5-3-6/h4-5,7-8H,1-3,6H2;2-5H,1H3. The predicted octanol–water partition coefficient (Wildman–Crippen LogP) is 4.03. The van der Waals surface area contributed by atoms with E-state index in [0.717, 1.165) is 18.7 Å². The summed E-state index contributed by atoms with van der Waals surface area (Å²) in [6, 6.07) is 8.04. The number of aryl methyl sites for hydroxylation is 2. The zero-order chi connectivity index (χ0) is 13.1. The zero-order valence-electron chi connectivity index (χ0n) is 10.7. The van der Waals surface area contributed by atoms with Crippen molar-refractivity contribution in [1.29, 1.82) is 0 Å². The third-order valence-electron chi connectivity index (χ3n) is 2.45. The van der Waals surface area contributed by atoms with E-state index in [9.17, 15) is 0 Å². The second kappa shape index (κ2) is 9.60. The summed E-state index contributed by atoms with van der Waals surface area (Å²) in [5.41, 5.74) is 2.61. The number of aromatic nitrogens is 2. The fraction of sp³-hybridized carbons (Fsp3) is 0.333. The van der Waals surface area contributed by atoms with E-state index in [1.807, 2.05) is 43.6 Å². The minimum Gasteiger partial charge on any atom is -0.265 e. The summed E-state index contributed by atoms with van der Waals surface area (Å²) in [5, 5.41) is 0.